The summed E-state index contributed by atoms with van der Waals surface area (Å²) in [6.45, 7) is 3.77. The standard InChI is InChI=1S/C15H17N3O3/c1-9-6-10(2)8-11(7-9)13(15(20)21)17-14(19)12-4-5-16-18(12)3/h4-8,13H,1-3H3,(H,17,19)(H,20,21). The number of nitrogens with one attached hydrogen (secondary N) is 1. The van der Waals surface area contributed by atoms with E-state index in [1.807, 2.05) is 19.9 Å². The van der Waals surface area contributed by atoms with Crippen LogP contribution in [0, 0.1) is 13.8 Å². The van der Waals surface area contributed by atoms with Gasteiger partial charge < -0.3 is 10.4 Å². The third kappa shape index (κ3) is 3.28. The van der Waals surface area contributed by atoms with Gasteiger partial charge in [0.2, 0.25) is 0 Å². The Bertz CT molecular complexity index is 671. The van der Waals surface area contributed by atoms with Crippen molar-refractivity contribution >= 4 is 11.9 Å². The first-order chi connectivity index (χ1) is 9.88. The zero-order chi connectivity index (χ0) is 15.6. The Labute approximate surface area is 122 Å². The van der Waals surface area contributed by atoms with Gasteiger partial charge in [-0.25, -0.2) is 4.79 Å². The van der Waals surface area contributed by atoms with Crippen molar-refractivity contribution < 1.29 is 14.7 Å². The molecule has 0 spiro atoms. The number of benzene rings is 1. The van der Waals surface area contributed by atoms with E-state index in [0.717, 1.165) is 11.1 Å². The van der Waals surface area contributed by atoms with Crippen molar-refractivity contribution in [1.82, 2.24) is 15.1 Å². The summed E-state index contributed by atoms with van der Waals surface area (Å²) in [5.41, 5.74) is 2.76. The van der Waals surface area contributed by atoms with Crippen LogP contribution >= 0.6 is 0 Å². The lowest BCUT2D eigenvalue weighted by atomic mass is 10.0. The van der Waals surface area contributed by atoms with Crippen LogP contribution in [-0.2, 0) is 11.8 Å². The Morgan fingerprint density at radius 1 is 1.24 bits per heavy atom. The van der Waals surface area contributed by atoms with Crippen molar-refractivity contribution in [2.45, 2.75) is 19.9 Å². The molecule has 1 aromatic heterocycles. The van der Waals surface area contributed by atoms with Crippen LogP contribution in [-0.4, -0.2) is 26.8 Å². The highest BCUT2D eigenvalue weighted by Crippen LogP contribution is 2.18. The van der Waals surface area contributed by atoms with Crippen LogP contribution in [0.5, 0.6) is 0 Å². The fourth-order valence-electron chi connectivity index (χ4n) is 2.27. The molecular weight excluding hydrogens is 270 g/mol. The number of nitrogens with zero attached hydrogens (tertiary/aromatic N) is 2. The van der Waals surface area contributed by atoms with Crippen LogP contribution in [0.15, 0.2) is 30.5 Å². The molecule has 1 atom stereocenters. The van der Waals surface area contributed by atoms with Gasteiger partial charge in [-0.3, -0.25) is 9.48 Å². The predicted octanol–water partition coefficient (Wildman–Crippen LogP) is 1.59. The molecule has 6 nitrogen and oxygen atoms in total. The summed E-state index contributed by atoms with van der Waals surface area (Å²) in [6, 6.07) is 5.91. The van der Waals surface area contributed by atoms with E-state index in [1.54, 1.807) is 19.2 Å². The summed E-state index contributed by atoms with van der Waals surface area (Å²) in [6.07, 6.45) is 1.49. The van der Waals surface area contributed by atoms with E-state index in [9.17, 15) is 14.7 Å². The van der Waals surface area contributed by atoms with Crippen molar-refractivity contribution in [3.63, 3.8) is 0 Å². The molecule has 1 aromatic carbocycles. The van der Waals surface area contributed by atoms with E-state index in [0.29, 0.717) is 11.3 Å². The SMILES string of the molecule is Cc1cc(C)cc(C(NC(=O)c2ccnn2C)C(=O)O)c1. The maximum Gasteiger partial charge on any atom is 0.330 e. The summed E-state index contributed by atoms with van der Waals surface area (Å²) in [4.78, 5) is 23.6. The van der Waals surface area contributed by atoms with Gasteiger partial charge in [0.25, 0.3) is 5.91 Å². The topological polar surface area (TPSA) is 84.2 Å². The summed E-state index contributed by atoms with van der Waals surface area (Å²) < 4.78 is 1.40. The maximum absolute atomic E-state index is 12.1. The summed E-state index contributed by atoms with van der Waals surface area (Å²) in [5.74, 6) is -1.57. The second-order valence-corrected chi connectivity index (χ2v) is 5.01. The second kappa shape index (κ2) is 5.78. The molecule has 0 radical (unpaired) electrons. The molecule has 0 aliphatic rings. The van der Waals surface area contributed by atoms with E-state index in [2.05, 4.69) is 10.4 Å². The average Bonchev–Trinajstić information content (AvgIpc) is 2.80. The van der Waals surface area contributed by atoms with E-state index in [1.165, 1.54) is 16.9 Å². The Hall–Kier alpha value is -2.63. The van der Waals surface area contributed by atoms with E-state index in [-0.39, 0.29) is 0 Å². The molecule has 110 valence electrons. The van der Waals surface area contributed by atoms with Crippen LogP contribution in [0.2, 0.25) is 0 Å². The number of carbonyl (C=O) groups excluding carboxylic acids is 1. The molecule has 6 heteroatoms. The minimum absolute atomic E-state index is 0.311. The highest BCUT2D eigenvalue weighted by atomic mass is 16.4. The lowest BCUT2D eigenvalue weighted by Gasteiger charge is -2.16. The number of aliphatic carboxylic acids is 1. The van der Waals surface area contributed by atoms with Crippen LogP contribution in [0.3, 0.4) is 0 Å². The van der Waals surface area contributed by atoms with Crippen LogP contribution in [0.25, 0.3) is 0 Å². The number of hydrogen-bond donors (Lipinski definition) is 2. The summed E-state index contributed by atoms with van der Waals surface area (Å²) >= 11 is 0. The van der Waals surface area contributed by atoms with Crippen molar-refractivity contribution in [3.05, 3.63) is 52.8 Å². The van der Waals surface area contributed by atoms with Crippen LogP contribution < -0.4 is 5.32 Å². The molecule has 21 heavy (non-hydrogen) atoms. The first-order valence-electron chi connectivity index (χ1n) is 6.48. The average molecular weight is 287 g/mol. The molecule has 0 aliphatic heterocycles. The number of aryl methyl sites for hydroxylation is 3. The van der Waals surface area contributed by atoms with Gasteiger partial charge in [0.1, 0.15) is 5.69 Å². The second-order valence-electron chi connectivity index (χ2n) is 5.01. The molecule has 2 rings (SSSR count). The Morgan fingerprint density at radius 3 is 2.33 bits per heavy atom. The molecule has 0 fully saturated rings. The number of rotatable bonds is 4. The Balaban J connectivity index is 2.30. The summed E-state index contributed by atoms with van der Waals surface area (Å²) in [7, 11) is 1.63. The number of carboxylic acids is 1. The van der Waals surface area contributed by atoms with Gasteiger partial charge in [0.15, 0.2) is 6.04 Å². The van der Waals surface area contributed by atoms with Gasteiger partial charge in [0.05, 0.1) is 0 Å². The Morgan fingerprint density at radius 2 is 1.86 bits per heavy atom. The van der Waals surface area contributed by atoms with Gasteiger partial charge in [-0.2, -0.15) is 5.10 Å². The molecule has 0 saturated heterocycles. The van der Waals surface area contributed by atoms with E-state index >= 15 is 0 Å². The molecule has 0 aliphatic carbocycles. The molecule has 1 amide bonds. The lowest BCUT2D eigenvalue weighted by Crippen LogP contribution is -2.34. The first-order valence-corrected chi connectivity index (χ1v) is 6.48. The van der Waals surface area contributed by atoms with Crippen molar-refractivity contribution in [2.75, 3.05) is 0 Å². The van der Waals surface area contributed by atoms with E-state index < -0.39 is 17.9 Å². The normalized spacial score (nSPS) is 12.0. The van der Waals surface area contributed by atoms with Crippen LogP contribution in [0.4, 0.5) is 0 Å². The smallest absolute Gasteiger partial charge is 0.330 e. The number of carboxylic acid groups (broad SMARTS) is 1. The molecule has 1 unspecified atom stereocenters. The molecule has 2 aromatic rings. The lowest BCUT2D eigenvalue weighted by molar-refractivity contribution is -0.139. The zero-order valence-corrected chi connectivity index (χ0v) is 12.1. The van der Waals surface area contributed by atoms with Crippen molar-refractivity contribution in [1.29, 1.82) is 0 Å². The third-order valence-electron chi connectivity index (χ3n) is 3.15. The van der Waals surface area contributed by atoms with Gasteiger partial charge >= 0.3 is 5.97 Å². The molecule has 2 N–H and O–H groups in total. The monoisotopic (exact) mass is 287 g/mol. The van der Waals surface area contributed by atoms with Crippen molar-refractivity contribution in [2.24, 2.45) is 7.05 Å². The summed E-state index contributed by atoms with van der Waals surface area (Å²) in [5, 5.41) is 15.8. The first kappa shape index (κ1) is 14.8. The minimum atomic E-state index is -1.10. The molecule has 0 bridgehead atoms. The number of hydrogen-bond acceptors (Lipinski definition) is 3. The zero-order valence-electron chi connectivity index (χ0n) is 12.1. The molecular formula is C15H17N3O3. The number of aromatic nitrogens is 2. The highest BCUT2D eigenvalue weighted by molar-refractivity contribution is 5.95. The predicted molar refractivity (Wildman–Crippen MR) is 77.0 cm³/mol. The highest BCUT2D eigenvalue weighted by Gasteiger charge is 2.24. The fourth-order valence-corrected chi connectivity index (χ4v) is 2.27. The quantitative estimate of drug-likeness (QED) is 0.894. The number of carbonyl (C=O) groups is 2. The van der Waals surface area contributed by atoms with Crippen LogP contribution in [0.1, 0.15) is 33.2 Å². The fraction of sp³-hybridized carbons (Fsp3) is 0.267. The van der Waals surface area contributed by atoms with E-state index in [4.69, 9.17) is 0 Å². The van der Waals surface area contributed by atoms with Gasteiger partial charge in [-0.1, -0.05) is 29.3 Å². The van der Waals surface area contributed by atoms with Gasteiger partial charge in [-0.15, -0.1) is 0 Å². The Kier molecular flexibility index (Phi) is 4.07. The van der Waals surface area contributed by atoms with Gasteiger partial charge in [0, 0.05) is 13.2 Å². The number of amides is 1. The third-order valence-corrected chi connectivity index (χ3v) is 3.15. The largest absolute Gasteiger partial charge is 0.479 e. The minimum Gasteiger partial charge on any atom is -0.479 e. The molecule has 1 heterocycles. The van der Waals surface area contributed by atoms with Crippen molar-refractivity contribution in [3.8, 4) is 0 Å². The van der Waals surface area contributed by atoms with Gasteiger partial charge in [-0.05, 0) is 25.5 Å². The maximum atomic E-state index is 12.1. The molecule has 0 saturated carbocycles.